The van der Waals surface area contributed by atoms with Gasteiger partial charge in [-0.2, -0.15) is 0 Å². The zero-order valence-corrected chi connectivity index (χ0v) is 8.97. The van der Waals surface area contributed by atoms with E-state index >= 15 is 0 Å². The molecule has 1 atom stereocenters. The van der Waals surface area contributed by atoms with Crippen molar-refractivity contribution in [3.05, 3.63) is 29.8 Å². The fourth-order valence-electron chi connectivity index (χ4n) is 1.06. The van der Waals surface area contributed by atoms with E-state index in [2.05, 4.69) is 25.1 Å². The van der Waals surface area contributed by atoms with E-state index in [4.69, 9.17) is 5.11 Å². The Hall–Kier alpha value is -0.470. The zero-order valence-electron chi connectivity index (χ0n) is 8.16. The Bertz CT molecular complexity index is 258. The highest BCUT2D eigenvalue weighted by atomic mass is 32.2. The molecule has 0 saturated carbocycles. The quantitative estimate of drug-likeness (QED) is 0.747. The van der Waals surface area contributed by atoms with Gasteiger partial charge in [-0.3, -0.25) is 0 Å². The van der Waals surface area contributed by atoms with Gasteiger partial charge in [-0.1, -0.05) is 18.2 Å². The molecule has 0 fully saturated rings. The van der Waals surface area contributed by atoms with Crippen LogP contribution in [0.25, 0.3) is 0 Å². The van der Waals surface area contributed by atoms with Crippen LogP contribution in [0.5, 0.6) is 0 Å². The molecule has 1 rings (SSSR count). The molecule has 72 valence electrons. The van der Waals surface area contributed by atoms with E-state index in [1.807, 2.05) is 24.8 Å². The van der Waals surface area contributed by atoms with Crippen LogP contribution in [0, 0.1) is 6.92 Å². The monoisotopic (exact) mass is 196 g/mol. The number of hydrogen-bond donors (Lipinski definition) is 1. The topological polar surface area (TPSA) is 20.2 Å². The second-order valence-electron chi connectivity index (χ2n) is 3.25. The zero-order chi connectivity index (χ0) is 9.68. The van der Waals surface area contributed by atoms with Crippen molar-refractivity contribution in [3.63, 3.8) is 0 Å². The third kappa shape index (κ3) is 3.83. The minimum atomic E-state index is -0.184. The summed E-state index contributed by atoms with van der Waals surface area (Å²) in [4.78, 5) is 1.32. The smallest absolute Gasteiger partial charge is 0.0520 e. The minimum Gasteiger partial charge on any atom is -0.393 e. The Balaban J connectivity index is 2.41. The minimum absolute atomic E-state index is 0.184. The SMILES string of the molecule is Cc1ccccc1SCCC(C)O. The molecule has 1 aromatic carbocycles. The number of thioether (sulfide) groups is 1. The molecule has 0 saturated heterocycles. The van der Waals surface area contributed by atoms with Gasteiger partial charge in [-0.15, -0.1) is 11.8 Å². The number of hydrogen-bond acceptors (Lipinski definition) is 2. The van der Waals surface area contributed by atoms with E-state index in [-0.39, 0.29) is 6.10 Å². The van der Waals surface area contributed by atoms with E-state index < -0.39 is 0 Å². The third-order valence-electron chi connectivity index (χ3n) is 1.89. The first-order valence-corrected chi connectivity index (χ1v) is 5.55. The molecular weight excluding hydrogens is 180 g/mol. The van der Waals surface area contributed by atoms with Gasteiger partial charge in [0.15, 0.2) is 0 Å². The summed E-state index contributed by atoms with van der Waals surface area (Å²) in [5.41, 5.74) is 1.32. The van der Waals surface area contributed by atoms with Crippen LogP contribution in [0.4, 0.5) is 0 Å². The molecule has 0 aliphatic heterocycles. The predicted molar refractivity (Wildman–Crippen MR) is 58.2 cm³/mol. The van der Waals surface area contributed by atoms with Crippen molar-refractivity contribution < 1.29 is 5.11 Å². The van der Waals surface area contributed by atoms with Gasteiger partial charge < -0.3 is 5.11 Å². The number of rotatable bonds is 4. The summed E-state index contributed by atoms with van der Waals surface area (Å²) in [7, 11) is 0. The Morgan fingerprint density at radius 2 is 2.08 bits per heavy atom. The Labute approximate surface area is 84.2 Å². The Morgan fingerprint density at radius 1 is 1.38 bits per heavy atom. The molecule has 0 spiro atoms. The second-order valence-corrected chi connectivity index (χ2v) is 4.39. The molecule has 0 aromatic heterocycles. The van der Waals surface area contributed by atoms with Gasteiger partial charge in [-0.05, 0) is 31.9 Å². The van der Waals surface area contributed by atoms with Crippen LogP contribution in [-0.4, -0.2) is 17.0 Å². The van der Waals surface area contributed by atoms with Crippen LogP contribution in [0.2, 0.25) is 0 Å². The van der Waals surface area contributed by atoms with Crippen LogP contribution in [0.15, 0.2) is 29.2 Å². The molecule has 0 amide bonds. The average molecular weight is 196 g/mol. The number of aliphatic hydroxyl groups excluding tert-OH is 1. The summed E-state index contributed by atoms with van der Waals surface area (Å²) in [5, 5.41) is 9.09. The van der Waals surface area contributed by atoms with Gasteiger partial charge in [0.2, 0.25) is 0 Å². The second kappa shape index (κ2) is 5.30. The maximum Gasteiger partial charge on any atom is 0.0520 e. The van der Waals surface area contributed by atoms with E-state index in [9.17, 15) is 0 Å². The lowest BCUT2D eigenvalue weighted by Gasteiger charge is -2.06. The molecule has 1 aromatic rings. The summed E-state index contributed by atoms with van der Waals surface area (Å²) in [5.74, 6) is 0.989. The third-order valence-corrected chi connectivity index (χ3v) is 3.10. The fourth-order valence-corrected chi connectivity index (χ4v) is 2.21. The first kappa shape index (κ1) is 10.6. The summed E-state index contributed by atoms with van der Waals surface area (Å²) in [6, 6.07) is 8.35. The van der Waals surface area contributed by atoms with Gasteiger partial charge in [0.25, 0.3) is 0 Å². The van der Waals surface area contributed by atoms with Crippen molar-refractivity contribution >= 4 is 11.8 Å². The van der Waals surface area contributed by atoms with Crippen molar-refractivity contribution in [1.29, 1.82) is 0 Å². The standard InChI is InChI=1S/C11H16OS/c1-9-5-3-4-6-11(9)13-8-7-10(2)12/h3-6,10,12H,7-8H2,1-2H3. The highest BCUT2D eigenvalue weighted by Gasteiger charge is 1.99. The number of benzene rings is 1. The largest absolute Gasteiger partial charge is 0.393 e. The molecule has 0 radical (unpaired) electrons. The van der Waals surface area contributed by atoms with Gasteiger partial charge in [0.05, 0.1) is 6.10 Å². The first-order chi connectivity index (χ1) is 6.20. The van der Waals surface area contributed by atoms with E-state index in [0.717, 1.165) is 12.2 Å². The molecule has 1 N–H and O–H groups in total. The molecule has 1 unspecified atom stereocenters. The highest BCUT2D eigenvalue weighted by molar-refractivity contribution is 7.99. The van der Waals surface area contributed by atoms with E-state index in [1.165, 1.54) is 10.5 Å². The summed E-state index contributed by atoms with van der Waals surface area (Å²) in [6.45, 7) is 3.95. The maximum absolute atomic E-state index is 9.09. The summed E-state index contributed by atoms with van der Waals surface area (Å²) in [6.07, 6.45) is 0.676. The molecule has 1 nitrogen and oxygen atoms in total. The van der Waals surface area contributed by atoms with Crippen molar-refractivity contribution in [3.8, 4) is 0 Å². The molecular formula is C11H16OS. The summed E-state index contributed by atoms with van der Waals surface area (Å²) >= 11 is 1.82. The van der Waals surface area contributed by atoms with Crippen LogP contribution in [0.1, 0.15) is 18.9 Å². The highest BCUT2D eigenvalue weighted by Crippen LogP contribution is 2.22. The van der Waals surface area contributed by atoms with Crippen molar-refractivity contribution in [2.24, 2.45) is 0 Å². The maximum atomic E-state index is 9.09. The van der Waals surface area contributed by atoms with Crippen LogP contribution in [0.3, 0.4) is 0 Å². The average Bonchev–Trinajstić information content (AvgIpc) is 2.08. The number of aryl methyl sites for hydroxylation is 1. The molecule has 0 bridgehead atoms. The predicted octanol–water partition coefficient (Wildman–Crippen LogP) is 2.86. The number of aliphatic hydroxyl groups is 1. The summed E-state index contributed by atoms with van der Waals surface area (Å²) < 4.78 is 0. The van der Waals surface area contributed by atoms with Crippen LogP contribution in [-0.2, 0) is 0 Å². The lowest BCUT2D eigenvalue weighted by Crippen LogP contribution is -2.00. The van der Waals surface area contributed by atoms with Gasteiger partial charge in [-0.25, -0.2) is 0 Å². The first-order valence-electron chi connectivity index (χ1n) is 4.56. The van der Waals surface area contributed by atoms with Crippen molar-refractivity contribution in [2.45, 2.75) is 31.3 Å². The Morgan fingerprint density at radius 3 is 2.69 bits per heavy atom. The normalized spacial score (nSPS) is 12.8. The molecule has 13 heavy (non-hydrogen) atoms. The molecule has 0 aliphatic rings. The lowest BCUT2D eigenvalue weighted by molar-refractivity contribution is 0.192. The molecule has 2 heteroatoms. The van der Waals surface area contributed by atoms with Gasteiger partial charge in [0.1, 0.15) is 0 Å². The molecule has 0 heterocycles. The molecule has 0 aliphatic carbocycles. The van der Waals surface area contributed by atoms with Gasteiger partial charge >= 0.3 is 0 Å². The van der Waals surface area contributed by atoms with Gasteiger partial charge in [0, 0.05) is 10.6 Å². The van der Waals surface area contributed by atoms with Crippen molar-refractivity contribution in [2.75, 3.05) is 5.75 Å². The van der Waals surface area contributed by atoms with Crippen LogP contribution < -0.4 is 0 Å². The Kier molecular flexibility index (Phi) is 4.33. The lowest BCUT2D eigenvalue weighted by atomic mass is 10.2. The van der Waals surface area contributed by atoms with Crippen LogP contribution >= 0.6 is 11.8 Å². The van der Waals surface area contributed by atoms with E-state index in [1.54, 1.807) is 0 Å². The van der Waals surface area contributed by atoms with E-state index in [0.29, 0.717) is 0 Å². The fraction of sp³-hybridized carbons (Fsp3) is 0.455. The van der Waals surface area contributed by atoms with Crippen molar-refractivity contribution in [1.82, 2.24) is 0 Å².